The third kappa shape index (κ3) is 0.883. The van der Waals surface area contributed by atoms with Gasteiger partial charge in [0, 0.05) is 6.20 Å². The van der Waals surface area contributed by atoms with Crippen LogP contribution in [0.5, 0.6) is 0 Å². The molecule has 0 fully saturated rings. The van der Waals surface area contributed by atoms with Gasteiger partial charge in [0.15, 0.2) is 0 Å². The van der Waals surface area contributed by atoms with Crippen molar-refractivity contribution in [2.75, 3.05) is 5.73 Å². The number of carbonyl (C=O) groups is 1. The number of aromatic nitrogens is 2. The van der Waals surface area contributed by atoms with Gasteiger partial charge in [-0.25, -0.2) is 14.3 Å². The topological polar surface area (TPSA) is 78.0 Å². The van der Waals surface area contributed by atoms with E-state index in [9.17, 15) is 9.59 Å². The van der Waals surface area contributed by atoms with Gasteiger partial charge in [-0.2, -0.15) is 0 Å². The van der Waals surface area contributed by atoms with Crippen LogP contribution in [0.15, 0.2) is 17.1 Å². The smallest absolute Gasteiger partial charge is 0.355 e. The first-order valence-electron chi connectivity index (χ1n) is 2.54. The lowest BCUT2D eigenvalue weighted by atomic mass is 10.6. The molecule has 0 amide bonds. The number of nitrogens with two attached hydrogens (primary N) is 1. The normalized spacial score (nSPS) is 9.20. The number of carbonyl (C=O) groups excluding carboxylic acids is 1. The molecule has 1 aromatic rings. The lowest BCUT2D eigenvalue weighted by Gasteiger charge is -1.95. The molecule has 0 aromatic carbocycles. The van der Waals surface area contributed by atoms with Crippen LogP contribution in [0.25, 0.3) is 0 Å². The van der Waals surface area contributed by atoms with Crippen molar-refractivity contribution in [3.63, 3.8) is 0 Å². The lowest BCUT2D eigenvalue weighted by Crippen LogP contribution is -2.24. The molecule has 1 heterocycles. The van der Waals surface area contributed by atoms with Gasteiger partial charge in [-0.1, -0.05) is 0 Å². The average molecular weight is 139 g/mol. The van der Waals surface area contributed by atoms with E-state index in [-0.39, 0.29) is 5.82 Å². The van der Waals surface area contributed by atoms with Crippen LogP contribution in [0.1, 0.15) is 0 Å². The molecule has 0 aliphatic heterocycles. The Kier molecular flexibility index (Phi) is 1.49. The molecule has 0 unspecified atom stereocenters. The Labute approximate surface area is 56.1 Å². The first-order valence-corrected chi connectivity index (χ1v) is 2.54. The number of nitrogen functional groups attached to an aromatic ring is 1. The minimum Gasteiger partial charge on any atom is -0.385 e. The zero-order valence-corrected chi connectivity index (χ0v) is 5.02. The number of rotatable bonds is 1. The highest BCUT2D eigenvalue weighted by atomic mass is 16.2. The monoisotopic (exact) mass is 139 g/mol. The fourth-order valence-electron chi connectivity index (χ4n) is 0.536. The van der Waals surface area contributed by atoms with E-state index in [2.05, 4.69) is 4.98 Å². The predicted octanol–water partition coefficient (Wildman–Crippen LogP) is -1.14. The summed E-state index contributed by atoms with van der Waals surface area (Å²) in [7, 11) is 0. The van der Waals surface area contributed by atoms with E-state index in [1.165, 1.54) is 12.3 Å². The van der Waals surface area contributed by atoms with E-state index in [0.717, 1.165) is 4.57 Å². The van der Waals surface area contributed by atoms with E-state index in [0.29, 0.717) is 6.41 Å². The number of nitrogens with zero attached hydrogens (tertiary/aromatic N) is 2. The molecule has 52 valence electrons. The van der Waals surface area contributed by atoms with Crippen LogP contribution in [0, 0.1) is 0 Å². The third-order valence-corrected chi connectivity index (χ3v) is 1.02. The Morgan fingerprint density at radius 2 is 2.40 bits per heavy atom. The zero-order valence-electron chi connectivity index (χ0n) is 5.02. The third-order valence-electron chi connectivity index (χ3n) is 1.02. The highest BCUT2D eigenvalue weighted by Crippen LogP contribution is 1.89. The Hall–Kier alpha value is -1.65. The van der Waals surface area contributed by atoms with Gasteiger partial charge in [0.25, 0.3) is 0 Å². The molecule has 5 heteroatoms. The van der Waals surface area contributed by atoms with E-state index >= 15 is 0 Å². The van der Waals surface area contributed by atoms with E-state index in [1.54, 1.807) is 0 Å². The van der Waals surface area contributed by atoms with Gasteiger partial charge in [-0.05, 0) is 6.07 Å². The molecule has 10 heavy (non-hydrogen) atoms. The second kappa shape index (κ2) is 2.30. The molecule has 0 atom stereocenters. The van der Waals surface area contributed by atoms with Gasteiger partial charge in [0.1, 0.15) is 5.82 Å². The maximum absolute atomic E-state index is 10.6. The van der Waals surface area contributed by atoms with Crippen molar-refractivity contribution in [1.29, 1.82) is 0 Å². The molecule has 1 rings (SSSR count). The minimum absolute atomic E-state index is 0.0926. The minimum atomic E-state index is -0.657. The molecule has 0 radical (unpaired) electrons. The quantitative estimate of drug-likeness (QED) is 0.499. The van der Waals surface area contributed by atoms with E-state index < -0.39 is 5.69 Å². The molecule has 5 nitrogen and oxygen atoms in total. The largest absolute Gasteiger partial charge is 0.385 e. The van der Waals surface area contributed by atoms with Crippen molar-refractivity contribution in [3.05, 3.63) is 22.7 Å². The Morgan fingerprint density at radius 1 is 1.70 bits per heavy atom. The first-order chi connectivity index (χ1) is 4.75. The summed E-state index contributed by atoms with van der Waals surface area (Å²) in [6, 6.07) is 1.37. The van der Waals surface area contributed by atoms with Crippen molar-refractivity contribution in [1.82, 2.24) is 9.55 Å². The lowest BCUT2D eigenvalue weighted by molar-refractivity contribution is 0.545. The van der Waals surface area contributed by atoms with Crippen LogP contribution in [0.2, 0.25) is 0 Å². The Morgan fingerprint density at radius 3 is 2.80 bits per heavy atom. The molecule has 2 N–H and O–H groups in total. The number of anilines is 1. The summed E-state index contributed by atoms with van der Waals surface area (Å²) in [5, 5.41) is 0. The summed E-state index contributed by atoms with van der Waals surface area (Å²) >= 11 is 0. The van der Waals surface area contributed by atoms with Crippen LogP contribution < -0.4 is 11.4 Å². The second-order valence-electron chi connectivity index (χ2n) is 1.63. The van der Waals surface area contributed by atoms with Gasteiger partial charge < -0.3 is 5.73 Å². The molecular weight excluding hydrogens is 134 g/mol. The van der Waals surface area contributed by atoms with Crippen molar-refractivity contribution in [2.45, 2.75) is 0 Å². The van der Waals surface area contributed by atoms with Crippen molar-refractivity contribution in [2.24, 2.45) is 0 Å². The van der Waals surface area contributed by atoms with Crippen LogP contribution in [-0.4, -0.2) is 16.0 Å². The van der Waals surface area contributed by atoms with Gasteiger partial charge in [-0.3, -0.25) is 4.79 Å². The number of hydrogen-bond donors (Lipinski definition) is 1. The van der Waals surface area contributed by atoms with Gasteiger partial charge in [0.2, 0.25) is 6.41 Å². The SMILES string of the molecule is Nc1ccnc(=O)n1C=O. The fourth-order valence-corrected chi connectivity index (χ4v) is 0.536. The van der Waals surface area contributed by atoms with Crippen LogP contribution in [0.3, 0.4) is 0 Å². The molecule has 0 bridgehead atoms. The summed E-state index contributed by atoms with van der Waals surface area (Å²) in [4.78, 5) is 24.0. The van der Waals surface area contributed by atoms with Gasteiger partial charge in [-0.15, -0.1) is 0 Å². The highest BCUT2D eigenvalue weighted by molar-refractivity contribution is 5.57. The molecular formula is C5H5N3O2. The van der Waals surface area contributed by atoms with Crippen LogP contribution in [-0.2, 0) is 4.79 Å². The first kappa shape index (κ1) is 6.47. The molecule has 0 aliphatic rings. The average Bonchev–Trinajstić information content (AvgIpc) is 1.88. The molecule has 0 aliphatic carbocycles. The van der Waals surface area contributed by atoms with Gasteiger partial charge >= 0.3 is 5.69 Å². The van der Waals surface area contributed by atoms with E-state index in [4.69, 9.17) is 5.73 Å². The molecule has 0 spiro atoms. The van der Waals surface area contributed by atoms with Crippen molar-refractivity contribution >= 4 is 12.2 Å². The number of hydrogen-bond acceptors (Lipinski definition) is 4. The fraction of sp³-hybridized carbons (Fsp3) is 0. The summed E-state index contributed by atoms with van der Waals surface area (Å²) < 4.78 is 0.722. The summed E-state index contributed by atoms with van der Waals surface area (Å²) in [5.74, 6) is 0.0926. The summed E-state index contributed by atoms with van der Waals surface area (Å²) in [6.45, 7) is 0. The summed E-state index contributed by atoms with van der Waals surface area (Å²) in [6.07, 6.45) is 1.57. The maximum Gasteiger partial charge on any atom is 0.355 e. The zero-order chi connectivity index (χ0) is 7.56. The van der Waals surface area contributed by atoms with Crippen LogP contribution in [0.4, 0.5) is 5.82 Å². The maximum atomic E-state index is 10.6. The Bertz CT molecular complexity index is 304. The molecule has 1 aromatic heterocycles. The van der Waals surface area contributed by atoms with Crippen molar-refractivity contribution in [3.8, 4) is 0 Å². The highest BCUT2D eigenvalue weighted by Gasteiger charge is 1.95. The standard InChI is InChI=1S/C5H5N3O2/c6-4-1-2-7-5(10)8(4)3-9/h1-3H,6H2. The predicted molar refractivity (Wildman–Crippen MR) is 35.1 cm³/mol. The Balaban J connectivity index is 3.45. The van der Waals surface area contributed by atoms with Gasteiger partial charge in [0.05, 0.1) is 0 Å². The van der Waals surface area contributed by atoms with E-state index in [1.807, 2.05) is 0 Å². The molecule has 0 saturated carbocycles. The summed E-state index contributed by atoms with van der Waals surface area (Å²) in [5.41, 5.74) is 4.57. The van der Waals surface area contributed by atoms with Crippen molar-refractivity contribution < 1.29 is 4.79 Å². The van der Waals surface area contributed by atoms with Crippen LogP contribution >= 0.6 is 0 Å². The molecule has 0 saturated heterocycles. The second-order valence-corrected chi connectivity index (χ2v) is 1.63.